The van der Waals surface area contributed by atoms with Crippen molar-refractivity contribution in [2.24, 2.45) is 23.2 Å². The number of rotatable bonds is 1. The summed E-state index contributed by atoms with van der Waals surface area (Å²) in [7, 11) is 0. The van der Waals surface area contributed by atoms with Crippen LogP contribution < -0.4 is 0 Å². The van der Waals surface area contributed by atoms with Crippen molar-refractivity contribution in [1.82, 2.24) is 9.97 Å². The minimum Gasteiger partial charge on any atom is -0.393 e. The first kappa shape index (κ1) is 20.0. The highest BCUT2D eigenvalue weighted by atomic mass is 16.4. The zero-order chi connectivity index (χ0) is 21.4. The van der Waals surface area contributed by atoms with E-state index in [2.05, 4.69) is 41.2 Å². The highest BCUT2D eigenvalue weighted by molar-refractivity contribution is 5.82. The maximum Gasteiger partial charge on any atom is 0.0972 e. The number of allylic oxidation sites excluding steroid dienone is 2. The molecule has 1 aromatic heterocycles. The zero-order valence-electron chi connectivity index (χ0n) is 18.3. The molecule has 1 heterocycles. The maximum atomic E-state index is 12.2. The van der Waals surface area contributed by atoms with Crippen LogP contribution in [0.3, 0.4) is 0 Å². The second-order valence-corrected chi connectivity index (χ2v) is 11.1. The largest absolute Gasteiger partial charge is 0.393 e. The van der Waals surface area contributed by atoms with Gasteiger partial charge in [0, 0.05) is 5.92 Å². The summed E-state index contributed by atoms with van der Waals surface area (Å²) < 4.78 is 0. The quantitative estimate of drug-likeness (QED) is 0.555. The van der Waals surface area contributed by atoms with Gasteiger partial charge in [-0.15, -0.1) is 0 Å². The number of aromatic nitrogens is 2. The lowest BCUT2D eigenvalue weighted by Gasteiger charge is -2.57. The molecule has 0 radical (unpaired) electrons. The fourth-order valence-corrected chi connectivity index (χ4v) is 7.96. The average molecular weight is 423 g/mol. The molecule has 6 rings (SSSR count). The molecule has 4 aliphatic rings. The van der Waals surface area contributed by atoms with Crippen molar-refractivity contribution in [3.05, 3.63) is 36.2 Å². The fraction of sp³-hybridized carbons (Fsp3) is 0.654. The summed E-state index contributed by atoms with van der Waals surface area (Å²) in [6.07, 6.45) is 11.0. The van der Waals surface area contributed by atoms with E-state index in [-0.39, 0.29) is 17.4 Å². The summed E-state index contributed by atoms with van der Waals surface area (Å²) in [5.74, 6) is 0.866. The van der Waals surface area contributed by atoms with Crippen LogP contribution in [0.4, 0.5) is 0 Å². The van der Waals surface area contributed by atoms with E-state index in [4.69, 9.17) is 0 Å². The number of aliphatic hydroxyl groups is 3. The molecule has 0 spiro atoms. The monoisotopic (exact) mass is 422 g/mol. The molecule has 3 fully saturated rings. The summed E-state index contributed by atoms with van der Waals surface area (Å²) in [6.45, 7) is 2.30. The third-order valence-electron chi connectivity index (χ3n) is 9.72. The lowest BCUT2D eigenvalue weighted by atomic mass is 9.52. The number of nitrogens with one attached hydrogen (secondary N) is 1. The number of aliphatic hydroxyl groups excluding tert-OH is 1. The average Bonchev–Trinajstić information content (AvgIpc) is 3.32. The van der Waals surface area contributed by atoms with Crippen LogP contribution in [0.1, 0.15) is 70.3 Å². The molecule has 6 unspecified atom stereocenters. The molecule has 0 bridgehead atoms. The van der Waals surface area contributed by atoms with Crippen LogP contribution in [0, 0.1) is 23.2 Å². The Kier molecular flexibility index (Phi) is 4.29. The van der Waals surface area contributed by atoms with E-state index in [0.29, 0.717) is 31.1 Å². The molecular formula is C26H34N2O3. The Hall–Kier alpha value is -1.69. The number of benzene rings is 1. The van der Waals surface area contributed by atoms with E-state index in [0.717, 1.165) is 49.6 Å². The number of imidazole rings is 1. The van der Waals surface area contributed by atoms with Crippen molar-refractivity contribution in [3.63, 3.8) is 0 Å². The molecule has 4 aliphatic carbocycles. The van der Waals surface area contributed by atoms with Gasteiger partial charge in [-0.1, -0.05) is 19.1 Å². The number of hydrogen-bond donors (Lipinski definition) is 4. The van der Waals surface area contributed by atoms with Crippen molar-refractivity contribution in [2.45, 2.75) is 82.0 Å². The molecule has 5 heteroatoms. The van der Waals surface area contributed by atoms with Gasteiger partial charge in [0.25, 0.3) is 0 Å². The minimum absolute atomic E-state index is 0.0243. The van der Waals surface area contributed by atoms with E-state index in [1.165, 1.54) is 11.1 Å². The van der Waals surface area contributed by atoms with E-state index in [1.807, 2.05) is 0 Å². The van der Waals surface area contributed by atoms with Gasteiger partial charge in [0.1, 0.15) is 0 Å². The highest BCUT2D eigenvalue weighted by Crippen LogP contribution is 2.65. The lowest BCUT2D eigenvalue weighted by Crippen LogP contribution is -2.64. The first-order valence-electron chi connectivity index (χ1n) is 12.1. The van der Waals surface area contributed by atoms with Gasteiger partial charge in [-0.25, -0.2) is 4.98 Å². The molecule has 5 nitrogen and oxygen atoms in total. The molecule has 1 aromatic carbocycles. The van der Waals surface area contributed by atoms with Crippen LogP contribution in [0.15, 0.2) is 30.6 Å². The Balaban J connectivity index is 1.35. The van der Waals surface area contributed by atoms with Crippen LogP contribution in [0.2, 0.25) is 0 Å². The van der Waals surface area contributed by atoms with Gasteiger partial charge in [-0.3, -0.25) is 0 Å². The van der Waals surface area contributed by atoms with Gasteiger partial charge < -0.3 is 20.3 Å². The lowest BCUT2D eigenvalue weighted by molar-refractivity contribution is -0.228. The highest BCUT2D eigenvalue weighted by Gasteiger charge is 2.65. The summed E-state index contributed by atoms with van der Waals surface area (Å²) in [5, 5.41) is 34.4. The van der Waals surface area contributed by atoms with E-state index >= 15 is 0 Å². The van der Waals surface area contributed by atoms with Gasteiger partial charge in [0.15, 0.2) is 0 Å². The SMILES string of the molecule is CC12CCC3(O)CC4CC(O)CCC4CC[C@]3(O)C1CC=C2c1ccc2nc[nH]c2c1. The number of hydrogen-bond acceptors (Lipinski definition) is 4. The maximum absolute atomic E-state index is 12.2. The fourth-order valence-electron chi connectivity index (χ4n) is 7.96. The van der Waals surface area contributed by atoms with Crippen molar-refractivity contribution < 1.29 is 15.3 Å². The van der Waals surface area contributed by atoms with Crippen LogP contribution in [0.5, 0.6) is 0 Å². The van der Waals surface area contributed by atoms with Crippen LogP contribution in [0.25, 0.3) is 16.6 Å². The molecular weight excluding hydrogens is 388 g/mol. The van der Waals surface area contributed by atoms with E-state index in [1.54, 1.807) is 6.33 Å². The Labute approximate surface area is 183 Å². The number of aromatic amines is 1. The molecule has 0 saturated heterocycles. The Bertz CT molecular complexity index is 1050. The van der Waals surface area contributed by atoms with E-state index < -0.39 is 11.2 Å². The van der Waals surface area contributed by atoms with Gasteiger partial charge in [0.05, 0.1) is 34.7 Å². The number of H-pyrrole nitrogens is 1. The number of nitrogens with zero attached hydrogens (tertiary/aromatic N) is 1. The van der Waals surface area contributed by atoms with Crippen molar-refractivity contribution >= 4 is 16.6 Å². The third-order valence-corrected chi connectivity index (χ3v) is 9.72. The first-order chi connectivity index (χ1) is 14.8. The Morgan fingerprint density at radius 1 is 1.06 bits per heavy atom. The van der Waals surface area contributed by atoms with Gasteiger partial charge in [-0.05, 0) is 98.3 Å². The second-order valence-electron chi connectivity index (χ2n) is 11.1. The molecule has 4 N–H and O–H groups in total. The number of fused-ring (bicyclic) bond motifs is 5. The van der Waals surface area contributed by atoms with Crippen molar-refractivity contribution in [3.8, 4) is 0 Å². The second kappa shape index (κ2) is 6.66. The predicted octanol–water partition coefficient (Wildman–Crippen LogP) is 4.19. The summed E-state index contributed by atoms with van der Waals surface area (Å²) in [5.41, 5.74) is 2.23. The van der Waals surface area contributed by atoms with Gasteiger partial charge >= 0.3 is 0 Å². The van der Waals surface area contributed by atoms with Crippen LogP contribution >= 0.6 is 0 Å². The molecule has 7 atom stereocenters. The molecule has 166 valence electrons. The van der Waals surface area contributed by atoms with E-state index in [9.17, 15) is 15.3 Å². The van der Waals surface area contributed by atoms with Gasteiger partial charge in [0.2, 0.25) is 0 Å². The van der Waals surface area contributed by atoms with Crippen LogP contribution in [-0.4, -0.2) is 42.6 Å². The molecule has 31 heavy (non-hydrogen) atoms. The summed E-state index contributed by atoms with van der Waals surface area (Å²) in [4.78, 5) is 7.56. The molecule has 0 aliphatic heterocycles. The summed E-state index contributed by atoms with van der Waals surface area (Å²) in [6, 6.07) is 6.39. The van der Waals surface area contributed by atoms with Crippen molar-refractivity contribution in [2.75, 3.05) is 0 Å². The summed E-state index contributed by atoms with van der Waals surface area (Å²) >= 11 is 0. The minimum atomic E-state index is -1.07. The topological polar surface area (TPSA) is 89.4 Å². The van der Waals surface area contributed by atoms with Crippen LogP contribution in [-0.2, 0) is 0 Å². The Morgan fingerprint density at radius 3 is 2.81 bits per heavy atom. The van der Waals surface area contributed by atoms with Crippen molar-refractivity contribution in [1.29, 1.82) is 0 Å². The van der Waals surface area contributed by atoms with Gasteiger partial charge in [-0.2, -0.15) is 0 Å². The molecule has 2 aromatic rings. The standard InChI is InChI=1S/C26H34N2O3/c1-24-10-11-25(30)14-18-12-19(29)4-2-16(18)8-9-26(25,31)23(24)7-5-20(24)17-3-6-21-22(13-17)28-15-27-21/h3,5-6,13,15-16,18-19,23,29-31H,2,4,7-12,14H2,1H3,(H,27,28)/t16?,18?,19?,23?,24?,25?,26-/m0/s1. The third kappa shape index (κ3) is 2.76. The molecule has 0 amide bonds. The predicted molar refractivity (Wildman–Crippen MR) is 120 cm³/mol. The first-order valence-corrected chi connectivity index (χ1v) is 12.1. The zero-order valence-corrected chi connectivity index (χ0v) is 18.3. The smallest absolute Gasteiger partial charge is 0.0972 e. The Morgan fingerprint density at radius 2 is 1.94 bits per heavy atom. The normalized spacial score (nSPS) is 44.8. The molecule has 3 saturated carbocycles.